The topological polar surface area (TPSA) is 47.9 Å². The number of carbonyl (C=O) groups is 1. The first kappa shape index (κ1) is 20.1. The average molecular weight is 351 g/mol. The molecule has 2 aliphatic rings. The molecular formula is C20H38N4O. The number of rotatable bonds is 7. The first-order valence-corrected chi connectivity index (χ1v) is 10.3. The molecule has 0 aromatic rings. The van der Waals surface area contributed by atoms with Gasteiger partial charge in [0, 0.05) is 45.7 Å². The lowest BCUT2D eigenvalue weighted by atomic mass is 9.78. The predicted octanol–water partition coefficient (Wildman–Crippen LogP) is 3.26. The Morgan fingerprint density at radius 3 is 2.72 bits per heavy atom. The van der Waals surface area contributed by atoms with Gasteiger partial charge in [0.15, 0.2) is 5.96 Å². The molecule has 0 aromatic carbocycles. The number of hydrogen-bond acceptors (Lipinski definition) is 2. The van der Waals surface area contributed by atoms with E-state index < -0.39 is 0 Å². The number of hydrogen-bond donors (Lipinski definition) is 1. The highest BCUT2D eigenvalue weighted by Gasteiger charge is 2.31. The Balaban J connectivity index is 1.84. The predicted molar refractivity (Wildman–Crippen MR) is 105 cm³/mol. The van der Waals surface area contributed by atoms with Gasteiger partial charge in [0.2, 0.25) is 5.91 Å². The zero-order valence-electron chi connectivity index (χ0n) is 16.8. The minimum Gasteiger partial charge on any atom is -0.356 e. The molecule has 2 unspecified atom stereocenters. The van der Waals surface area contributed by atoms with Crippen LogP contribution in [-0.2, 0) is 4.79 Å². The lowest BCUT2D eigenvalue weighted by molar-refractivity contribution is -0.129. The van der Waals surface area contributed by atoms with Crippen molar-refractivity contribution < 1.29 is 4.79 Å². The van der Waals surface area contributed by atoms with Gasteiger partial charge in [0.1, 0.15) is 0 Å². The Morgan fingerprint density at radius 2 is 2.12 bits per heavy atom. The number of likely N-dealkylation sites (tertiary alicyclic amines) is 2. The fourth-order valence-corrected chi connectivity index (χ4v) is 4.62. The molecule has 0 spiro atoms. The Hall–Kier alpha value is -1.26. The summed E-state index contributed by atoms with van der Waals surface area (Å²) in [7, 11) is 1.88. The Morgan fingerprint density at radius 1 is 1.32 bits per heavy atom. The zero-order chi connectivity index (χ0) is 18.3. The molecule has 2 saturated heterocycles. The van der Waals surface area contributed by atoms with Crippen LogP contribution >= 0.6 is 0 Å². The average Bonchev–Trinajstić information content (AvgIpc) is 3.01. The van der Waals surface area contributed by atoms with Gasteiger partial charge >= 0.3 is 0 Å². The van der Waals surface area contributed by atoms with Crippen LogP contribution in [0.3, 0.4) is 0 Å². The lowest BCUT2D eigenvalue weighted by Gasteiger charge is -2.42. The summed E-state index contributed by atoms with van der Waals surface area (Å²) in [4.78, 5) is 21.0. The third-order valence-electron chi connectivity index (χ3n) is 5.93. The van der Waals surface area contributed by atoms with Gasteiger partial charge in [0.25, 0.3) is 0 Å². The van der Waals surface area contributed by atoms with Crippen molar-refractivity contribution in [3.8, 4) is 0 Å². The number of aliphatic imine (C=N–C) groups is 1. The SMILES string of the molecule is CCCC1(C)CCCN(C(=NC)NCCC(CC)N2CCCC2=O)C1. The van der Waals surface area contributed by atoms with Gasteiger partial charge in [-0.15, -0.1) is 0 Å². The largest absolute Gasteiger partial charge is 0.356 e. The summed E-state index contributed by atoms with van der Waals surface area (Å²) in [6.07, 6.45) is 8.89. The highest BCUT2D eigenvalue weighted by Crippen LogP contribution is 2.33. The Labute approximate surface area is 154 Å². The van der Waals surface area contributed by atoms with E-state index in [0.29, 0.717) is 17.4 Å². The van der Waals surface area contributed by atoms with Crippen LogP contribution in [0.4, 0.5) is 0 Å². The second-order valence-corrected chi connectivity index (χ2v) is 8.10. The summed E-state index contributed by atoms with van der Waals surface area (Å²) >= 11 is 0. The molecular weight excluding hydrogens is 312 g/mol. The molecule has 0 radical (unpaired) electrons. The van der Waals surface area contributed by atoms with Crippen molar-refractivity contribution in [1.82, 2.24) is 15.1 Å². The van der Waals surface area contributed by atoms with Crippen molar-refractivity contribution in [2.75, 3.05) is 33.2 Å². The van der Waals surface area contributed by atoms with Gasteiger partial charge in [-0.25, -0.2) is 0 Å². The van der Waals surface area contributed by atoms with E-state index in [-0.39, 0.29) is 0 Å². The summed E-state index contributed by atoms with van der Waals surface area (Å²) in [5.41, 5.74) is 0.415. The summed E-state index contributed by atoms with van der Waals surface area (Å²) in [6, 6.07) is 0.368. The van der Waals surface area contributed by atoms with E-state index >= 15 is 0 Å². The number of nitrogens with one attached hydrogen (secondary N) is 1. The normalized spacial score (nSPS) is 26.2. The Bertz CT molecular complexity index is 461. The number of amides is 1. The third kappa shape index (κ3) is 5.35. The number of carbonyl (C=O) groups excluding carboxylic acids is 1. The van der Waals surface area contributed by atoms with E-state index in [2.05, 4.69) is 40.9 Å². The number of guanidine groups is 1. The molecule has 2 rings (SSSR count). The van der Waals surface area contributed by atoms with E-state index in [1.54, 1.807) is 0 Å². The highest BCUT2D eigenvalue weighted by molar-refractivity contribution is 5.80. The minimum absolute atomic E-state index is 0.336. The van der Waals surface area contributed by atoms with Crippen molar-refractivity contribution in [3.63, 3.8) is 0 Å². The molecule has 25 heavy (non-hydrogen) atoms. The number of nitrogens with zero attached hydrogens (tertiary/aromatic N) is 3. The molecule has 0 saturated carbocycles. The van der Waals surface area contributed by atoms with Crippen LogP contribution in [0.1, 0.15) is 72.1 Å². The van der Waals surface area contributed by atoms with E-state index in [9.17, 15) is 4.79 Å². The van der Waals surface area contributed by atoms with Gasteiger partial charge in [-0.1, -0.05) is 27.2 Å². The molecule has 2 heterocycles. The van der Waals surface area contributed by atoms with Crippen LogP contribution in [0.5, 0.6) is 0 Å². The highest BCUT2D eigenvalue weighted by atomic mass is 16.2. The summed E-state index contributed by atoms with van der Waals surface area (Å²) in [5, 5.41) is 3.56. The lowest BCUT2D eigenvalue weighted by Crippen LogP contribution is -2.50. The van der Waals surface area contributed by atoms with E-state index in [1.165, 1.54) is 25.7 Å². The van der Waals surface area contributed by atoms with Crippen LogP contribution in [0.25, 0.3) is 0 Å². The van der Waals surface area contributed by atoms with Crippen molar-refractivity contribution in [2.24, 2.45) is 10.4 Å². The molecule has 2 aliphatic heterocycles. The second kappa shape index (κ2) is 9.44. The zero-order valence-corrected chi connectivity index (χ0v) is 16.8. The molecule has 0 aliphatic carbocycles. The van der Waals surface area contributed by atoms with Crippen molar-refractivity contribution >= 4 is 11.9 Å². The maximum Gasteiger partial charge on any atom is 0.222 e. The van der Waals surface area contributed by atoms with Crippen LogP contribution in [0.2, 0.25) is 0 Å². The first-order valence-electron chi connectivity index (χ1n) is 10.3. The minimum atomic E-state index is 0.336. The van der Waals surface area contributed by atoms with Crippen molar-refractivity contribution in [3.05, 3.63) is 0 Å². The Kier molecular flexibility index (Phi) is 7.57. The van der Waals surface area contributed by atoms with Gasteiger partial charge in [0.05, 0.1) is 0 Å². The summed E-state index contributed by atoms with van der Waals surface area (Å²) in [6.45, 7) is 10.9. The third-order valence-corrected chi connectivity index (χ3v) is 5.93. The molecule has 144 valence electrons. The van der Waals surface area contributed by atoms with E-state index in [4.69, 9.17) is 0 Å². The molecule has 2 atom stereocenters. The fourth-order valence-electron chi connectivity index (χ4n) is 4.62. The molecule has 1 N–H and O–H groups in total. The summed E-state index contributed by atoms with van der Waals surface area (Å²) in [5.74, 6) is 1.37. The maximum absolute atomic E-state index is 12.0. The van der Waals surface area contributed by atoms with Crippen LogP contribution in [0, 0.1) is 5.41 Å². The van der Waals surface area contributed by atoms with Gasteiger partial charge in [-0.3, -0.25) is 9.79 Å². The van der Waals surface area contributed by atoms with Crippen LogP contribution in [0.15, 0.2) is 4.99 Å². The van der Waals surface area contributed by atoms with Crippen LogP contribution < -0.4 is 5.32 Å². The molecule has 1 amide bonds. The number of piperidine rings is 1. The first-order chi connectivity index (χ1) is 12.0. The molecule has 5 heteroatoms. The molecule has 2 fully saturated rings. The smallest absolute Gasteiger partial charge is 0.222 e. The van der Waals surface area contributed by atoms with Crippen molar-refractivity contribution in [1.29, 1.82) is 0 Å². The van der Waals surface area contributed by atoms with E-state index in [0.717, 1.165) is 57.8 Å². The monoisotopic (exact) mass is 350 g/mol. The molecule has 0 aromatic heterocycles. The maximum atomic E-state index is 12.0. The quantitative estimate of drug-likeness (QED) is 0.566. The standard InChI is InChI=1S/C20H38N4O/c1-5-11-20(3)12-8-14-23(16-20)19(21-4)22-13-10-17(6-2)24-15-7-9-18(24)25/h17H,5-16H2,1-4H3,(H,21,22). The fraction of sp³-hybridized carbons (Fsp3) is 0.900. The molecule has 5 nitrogen and oxygen atoms in total. The van der Waals surface area contributed by atoms with Crippen molar-refractivity contribution in [2.45, 2.75) is 78.2 Å². The molecule has 0 bridgehead atoms. The second-order valence-electron chi connectivity index (χ2n) is 8.10. The van der Waals surface area contributed by atoms with Gasteiger partial charge < -0.3 is 15.1 Å². The summed E-state index contributed by atoms with van der Waals surface area (Å²) < 4.78 is 0. The van der Waals surface area contributed by atoms with Crippen LogP contribution in [-0.4, -0.2) is 60.9 Å². The van der Waals surface area contributed by atoms with Gasteiger partial charge in [-0.05, 0) is 43.9 Å². The van der Waals surface area contributed by atoms with Gasteiger partial charge in [-0.2, -0.15) is 0 Å². The van der Waals surface area contributed by atoms with E-state index in [1.807, 2.05) is 7.05 Å².